The van der Waals surface area contributed by atoms with Gasteiger partial charge in [0.2, 0.25) is 0 Å². The van der Waals surface area contributed by atoms with Gasteiger partial charge in [0.1, 0.15) is 11.6 Å². The second kappa shape index (κ2) is 9.79. The monoisotopic (exact) mass is 426 g/mol. The van der Waals surface area contributed by atoms with Gasteiger partial charge in [-0.15, -0.1) is 0 Å². The van der Waals surface area contributed by atoms with Crippen molar-refractivity contribution in [3.63, 3.8) is 0 Å². The van der Waals surface area contributed by atoms with E-state index in [1.807, 2.05) is 42.5 Å². The molecule has 31 heavy (non-hydrogen) atoms. The Morgan fingerprint density at radius 3 is 2.61 bits per heavy atom. The van der Waals surface area contributed by atoms with Crippen LogP contribution in [0, 0.1) is 5.82 Å². The number of rotatable bonds is 7. The molecule has 0 saturated carbocycles. The summed E-state index contributed by atoms with van der Waals surface area (Å²) in [6.45, 7) is 4.69. The fourth-order valence-corrected chi connectivity index (χ4v) is 4.51. The summed E-state index contributed by atoms with van der Waals surface area (Å²) in [5.74, 6) is 0.414. The Morgan fingerprint density at radius 2 is 1.87 bits per heavy atom. The first-order valence-electron chi connectivity index (χ1n) is 11.2. The van der Waals surface area contributed by atoms with Crippen LogP contribution in [0.2, 0.25) is 0 Å². The van der Waals surface area contributed by atoms with Gasteiger partial charge in [-0.05, 0) is 50.8 Å². The highest BCUT2D eigenvalue weighted by atomic mass is 19.1. The van der Waals surface area contributed by atoms with Crippen LogP contribution in [-0.4, -0.2) is 48.3 Å². The number of para-hydroxylation sites is 1. The maximum atomic E-state index is 13.9. The summed E-state index contributed by atoms with van der Waals surface area (Å²) < 4.78 is 26.0. The maximum Gasteiger partial charge on any atom is 0.260 e. The van der Waals surface area contributed by atoms with Crippen LogP contribution in [0.1, 0.15) is 38.2 Å². The van der Waals surface area contributed by atoms with E-state index in [0.29, 0.717) is 18.8 Å². The molecule has 2 heterocycles. The number of piperidine rings is 1. The zero-order chi connectivity index (χ0) is 21.7. The van der Waals surface area contributed by atoms with Gasteiger partial charge in [0.15, 0.2) is 6.10 Å². The van der Waals surface area contributed by atoms with Gasteiger partial charge in [-0.2, -0.15) is 0 Å². The van der Waals surface area contributed by atoms with Crippen LogP contribution in [0.3, 0.4) is 0 Å². The highest BCUT2D eigenvalue weighted by Crippen LogP contribution is 2.39. The first kappa shape index (κ1) is 21.8. The van der Waals surface area contributed by atoms with Gasteiger partial charge in [0.25, 0.3) is 5.91 Å². The quantitative estimate of drug-likeness (QED) is 0.729. The van der Waals surface area contributed by atoms with Gasteiger partial charge in [-0.25, -0.2) is 4.39 Å². The van der Waals surface area contributed by atoms with E-state index in [1.54, 1.807) is 13.0 Å². The van der Waals surface area contributed by atoms with Crippen LogP contribution in [0.15, 0.2) is 54.6 Å². The minimum Gasteiger partial charge on any atom is -0.481 e. The summed E-state index contributed by atoms with van der Waals surface area (Å²) in [6, 6.07) is 16.3. The van der Waals surface area contributed by atoms with E-state index in [-0.39, 0.29) is 23.4 Å². The van der Waals surface area contributed by atoms with E-state index in [9.17, 15) is 9.18 Å². The molecule has 2 saturated heterocycles. The molecule has 2 fully saturated rings. The van der Waals surface area contributed by atoms with Crippen molar-refractivity contribution in [1.29, 1.82) is 0 Å². The molecule has 2 aliphatic heterocycles. The van der Waals surface area contributed by atoms with E-state index in [2.05, 4.69) is 10.2 Å². The Balaban J connectivity index is 1.20. The average Bonchev–Trinajstić information content (AvgIpc) is 3.18. The first-order valence-corrected chi connectivity index (χ1v) is 11.2. The number of carbonyl (C=O) groups excluding carboxylic acids is 1. The molecule has 5 nitrogen and oxygen atoms in total. The predicted molar refractivity (Wildman–Crippen MR) is 117 cm³/mol. The van der Waals surface area contributed by atoms with Gasteiger partial charge in [0, 0.05) is 31.7 Å². The molecule has 0 aromatic heterocycles. The third-order valence-electron chi connectivity index (χ3n) is 6.39. The number of nitrogens with zero attached hydrogens (tertiary/aromatic N) is 1. The number of amides is 1. The fourth-order valence-electron chi connectivity index (χ4n) is 4.51. The molecule has 0 radical (unpaired) electrons. The molecule has 0 unspecified atom stereocenters. The first-order chi connectivity index (χ1) is 15.0. The van der Waals surface area contributed by atoms with Crippen molar-refractivity contribution in [3.8, 4) is 5.75 Å². The van der Waals surface area contributed by atoms with Gasteiger partial charge < -0.3 is 14.8 Å². The number of likely N-dealkylation sites (tertiary alicyclic amines) is 1. The molecule has 2 atom stereocenters. The van der Waals surface area contributed by atoms with E-state index >= 15 is 0 Å². The highest BCUT2D eigenvalue weighted by Gasteiger charge is 2.42. The van der Waals surface area contributed by atoms with Crippen molar-refractivity contribution in [1.82, 2.24) is 10.2 Å². The number of hydrogen-bond donors (Lipinski definition) is 1. The van der Waals surface area contributed by atoms with Crippen molar-refractivity contribution < 1.29 is 18.7 Å². The summed E-state index contributed by atoms with van der Waals surface area (Å²) in [6.07, 6.45) is 3.32. The largest absolute Gasteiger partial charge is 0.481 e. The smallest absolute Gasteiger partial charge is 0.260 e. The molecule has 0 bridgehead atoms. The maximum absolute atomic E-state index is 13.9. The lowest BCUT2D eigenvalue weighted by molar-refractivity contribution is -0.128. The third kappa shape index (κ3) is 5.63. The normalized spacial score (nSPS) is 21.7. The second-order valence-corrected chi connectivity index (χ2v) is 8.65. The summed E-state index contributed by atoms with van der Waals surface area (Å²) >= 11 is 0. The Bertz CT molecular complexity index is 868. The molecule has 4 rings (SSSR count). The van der Waals surface area contributed by atoms with Crippen LogP contribution < -0.4 is 10.1 Å². The summed E-state index contributed by atoms with van der Waals surface area (Å²) in [7, 11) is 0. The molecule has 6 heteroatoms. The van der Waals surface area contributed by atoms with Crippen molar-refractivity contribution in [2.24, 2.45) is 0 Å². The molecule has 2 aromatic carbocycles. The zero-order valence-corrected chi connectivity index (χ0v) is 18.1. The van der Waals surface area contributed by atoms with E-state index in [0.717, 1.165) is 44.3 Å². The van der Waals surface area contributed by atoms with Gasteiger partial charge in [0.05, 0.1) is 11.7 Å². The molecule has 1 spiro atoms. The van der Waals surface area contributed by atoms with Crippen LogP contribution in [0.5, 0.6) is 5.75 Å². The fraction of sp³-hybridized carbons (Fsp3) is 0.480. The standard InChI is InChI=1S/C25H31FN2O3/c1-19(30-21-8-3-2-4-9-21)24(29)27-17-22-11-12-25(31-22)13-15-28(16-14-25)18-20-7-5-6-10-23(20)26/h2-10,19,22H,11-18H2,1H3,(H,27,29)/t19-,22+/m0/s1. The van der Waals surface area contributed by atoms with Crippen LogP contribution >= 0.6 is 0 Å². The number of hydrogen-bond acceptors (Lipinski definition) is 4. The van der Waals surface area contributed by atoms with Crippen LogP contribution in [0.25, 0.3) is 0 Å². The van der Waals surface area contributed by atoms with Crippen molar-refractivity contribution in [2.75, 3.05) is 19.6 Å². The third-order valence-corrected chi connectivity index (χ3v) is 6.39. The van der Waals surface area contributed by atoms with Gasteiger partial charge in [-0.1, -0.05) is 36.4 Å². The second-order valence-electron chi connectivity index (χ2n) is 8.65. The number of ether oxygens (including phenoxy) is 2. The lowest BCUT2D eigenvalue weighted by atomic mass is 9.88. The topological polar surface area (TPSA) is 50.8 Å². The van der Waals surface area contributed by atoms with E-state index < -0.39 is 6.10 Å². The average molecular weight is 427 g/mol. The summed E-state index contributed by atoms with van der Waals surface area (Å²) in [5.41, 5.74) is 0.644. The van der Waals surface area contributed by atoms with Gasteiger partial charge >= 0.3 is 0 Å². The lowest BCUT2D eigenvalue weighted by Crippen LogP contribution is -2.45. The van der Waals surface area contributed by atoms with Crippen molar-refractivity contribution in [2.45, 2.75) is 57.0 Å². The SMILES string of the molecule is C[C@H](Oc1ccccc1)C(=O)NC[C@H]1CCC2(CCN(Cc3ccccc3F)CC2)O1. The predicted octanol–water partition coefficient (Wildman–Crippen LogP) is 3.92. The molecule has 166 valence electrons. The van der Waals surface area contributed by atoms with Crippen LogP contribution in [0.4, 0.5) is 4.39 Å². The van der Waals surface area contributed by atoms with Crippen molar-refractivity contribution in [3.05, 3.63) is 66.0 Å². The van der Waals surface area contributed by atoms with E-state index in [1.165, 1.54) is 6.07 Å². The minimum absolute atomic E-state index is 0.0333. The molecule has 1 amide bonds. The number of benzene rings is 2. The van der Waals surface area contributed by atoms with E-state index in [4.69, 9.17) is 9.47 Å². The Hall–Kier alpha value is -2.44. The summed E-state index contributed by atoms with van der Waals surface area (Å²) in [5, 5.41) is 2.97. The molecule has 2 aliphatic rings. The minimum atomic E-state index is -0.556. The Labute approximate surface area is 183 Å². The molecule has 0 aliphatic carbocycles. The number of carbonyl (C=O) groups is 1. The number of halogens is 1. The molecular formula is C25H31FN2O3. The van der Waals surface area contributed by atoms with Crippen LogP contribution in [-0.2, 0) is 16.1 Å². The summed E-state index contributed by atoms with van der Waals surface area (Å²) in [4.78, 5) is 14.7. The zero-order valence-electron chi connectivity index (χ0n) is 18.1. The molecular weight excluding hydrogens is 395 g/mol. The molecule has 2 aromatic rings. The Kier molecular flexibility index (Phi) is 6.88. The lowest BCUT2D eigenvalue weighted by Gasteiger charge is -2.39. The molecule has 1 N–H and O–H groups in total. The Morgan fingerprint density at radius 1 is 1.16 bits per heavy atom. The number of nitrogens with one attached hydrogen (secondary N) is 1. The van der Waals surface area contributed by atoms with Gasteiger partial charge in [-0.3, -0.25) is 9.69 Å². The van der Waals surface area contributed by atoms with Crippen molar-refractivity contribution >= 4 is 5.91 Å². The highest BCUT2D eigenvalue weighted by molar-refractivity contribution is 5.80.